The number of nitrogens with two attached hydrogens (primary N) is 2. The highest BCUT2D eigenvalue weighted by Gasteiger charge is 2.48. The molecule has 8 N–H and O–H groups in total. The maximum atomic E-state index is 15.1. The first-order valence-electron chi connectivity index (χ1n) is 12.2. The van der Waals surface area contributed by atoms with Crippen molar-refractivity contribution in [2.75, 3.05) is 24.7 Å². The number of hydrogen-bond donors (Lipinski definition) is 6. The minimum absolute atomic E-state index is 0.00925. The van der Waals surface area contributed by atoms with Crippen molar-refractivity contribution in [3.05, 3.63) is 16.7 Å². The Labute approximate surface area is 232 Å². The van der Waals surface area contributed by atoms with Gasteiger partial charge in [0, 0.05) is 6.42 Å². The zero-order valence-corrected chi connectivity index (χ0v) is 22.5. The van der Waals surface area contributed by atoms with Crippen LogP contribution in [0.3, 0.4) is 0 Å². The van der Waals surface area contributed by atoms with E-state index < -0.39 is 54.6 Å². The molecule has 41 heavy (non-hydrogen) atoms. The molecule has 0 aromatic carbocycles. The van der Waals surface area contributed by atoms with Crippen LogP contribution in [0.5, 0.6) is 0 Å². The Morgan fingerprint density at radius 2 is 1.90 bits per heavy atom. The van der Waals surface area contributed by atoms with Crippen molar-refractivity contribution in [1.82, 2.24) is 49.9 Å². The number of rotatable bonds is 8. The van der Waals surface area contributed by atoms with E-state index in [0.29, 0.717) is 0 Å². The van der Waals surface area contributed by atoms with Gasteiger partial charge in [-0.05, 0) is 18.2 Å². The lowest BCUT2D eigenvalue weighted by atomic mass is 10.1. The monoisotopic (exact) mass is 614 g/mol. The summed E-state index contributed by atoms with van der Waals surface area (Å²) in [4.78, 5) is 37.6. The van der Waals surface area contributed by atoms with Crippen LogP contribution in [0.4, 0.5) is 16.2 Å². The van der Waals surface area contributed by atoms with Crippen molar-refractivity contribution < 1.29 is 33.5 Å². The summed E-state index contributed by atoms with van der Waals surface area (Å²) in [7, 11) is 0. The van der Waals surface area contributed by atoms with Crippen LogP contribution in [0, 0.1) is 0 Å². The molecule has 4 aromatic heterocycles. The minimum atomic E-state index is -3.71. The molecule has 2 saturated heterocycles. The van der Waals surface area contributed by atoms with E-state index in [-0.39, 0.29) is 60.1 Å². The number of aromatic nitrogens is 10. The van der Waals surface area contributed by atoms with Crippen molar-refractivity contribution in [3.8, 4) is 0 Å². The predicted octanol–water partition coefficient (Wildman–Crippen LogP) is -2.13. The molecule has 0 amide bonds. The second kappa shape index (κ2) is 10.5. The van der Waals surface area contributed by atoms with Crippen LogP contribution in [-0.2, 0) is 25.8 Å². The smallest absolute Gasteiger partial charge is 0.282 e. The third-order valence-electron chi connectivity index (χ3n) is 6.88. The van der Waals surface area contributed by atoms with Gasteiger partial charge in [0.2, 0.25) is 5.95 Å². The first-order valence-corrected chi connectivity index (χ1v) is 15.0. The summed E-state index contributed by atoms with van der Waals surface area (Å²) in [6.45, 7) is -4.32. The molecule has 8 atom stereocenters. The number of hydrogen-bond acceptors (Lipinski definition) is 16. The maximum Gasteiger partial charge on any atom is 0.282 e. The molecule has 2 fully saturated rings. The number of aliphatic hydroxyl groups is 2. The average Bonchev–Trinajstić information content (AvgIpc) is 3.70. The lowest BCUT2D eigenvalue weighted by molar-refractivity contribution is -0.0374. The summed E-state index contributed by atoms with van der Waals surface area (Å²) in [6.07, 6.45) is -6.47. The normalized spacial score (nSPS) is 29.9. The third kappa shape index (κ3) is 4.83. The van der Waals surface area contributed by atoms with Crippen LogP contribution >= 0.6 is 6.49 Å². The van der Waals surface area contributed by atoms with Crippen LogP contribution in [-0.4, -0.2) is 108 Å². The Bertz CT molecular complexity index is 1700. The van der Waals surface area contributed by atoms with E-state index in [9.17, 15) is 19.9 Å². The first-order chi connectivity index (χ1) is 19.6. The zero-order chi connectivity index (χ0) is 29.1. The molecule has 220 valence electrons. The van der Waals surface area contributed by atoms with Gasteiger partial charge < -0.3 is 40.6 Å². The van der Waals surface area contributed by atoms with Crippen molar-refractivity contribution >= 4 is 52.4 Å². The molecular formula is C19H24FN12O7PS. The van der Waals surface area contributed by atoms with Gasteiger partial charge in [-0.25, -0.2) is 14.4 Å². The fourth-order valence-corrected chi connectivity index (χ4v) is 7.25. The molecule has 4 aromatic rings. The van der Waals surface area contributed by atoms with Crippen LogP contribution < -0.4 is 17.0 Å². The summed E-state index contributed by atoms with van der Waals surface area (Å²) < 4.78 is 34.6. The predicted molar refractivity (Wildman–Crippen MR) is 139 cm³/mol. The molecule has 6 heterocycles. The largest absolute Gasteiger partial charge is 0.394 e. The van der Waals surface area contributed by atoms with E-state index in [4.69, 9.17) is 37.3 Å². The van der Waals surface area contributed by atoms with E-state index in [1.54, 1.807) is 0 Å². The summed E-state index contributed by atoms with van der Waals surface area (Å²) in [5.74, 6) is -0.134. The van der Waals surface area contributed by atoms with Crippen LogP contribution in [0.1, 0.15) is 25.3 Å². The summed E-state index contributed by atoms with van der Waals surface area (Å²) in [5.41, 5.74) is 10.1. The lowest BCUT2D eigenvalue weighted by Gasteiger charge is -2.27. The van der Waals surface area contributed by atoms with Crippen LogP contribution in [0.15, 0.2) is 11.1 Å². The van der Waals surface area contributed by atoms with Crippen molar-refractivity contribution in [2.24, 2.45) is 0 Å². The van der Waals surface area contributed by atoms with Gasteiger partial charge in [-0.15, -0.1) is 10.2 Å². The molecule has 2 aliphatic rings. The van der Waals surface area contributed by atoms with Gasteiger partial charge in [-0.1, -0.05) is 10.4 Å². The Morgan fingerprint density at radius 3 is 2.66 bits per heavy atom. The van der Waals surface area contributed by atoms with Crippen molar-refractivity contribution in [1.29, 1.82) is 0 Å². The number of alkyl halides is 1. The minimum Gasteiger partial charge on any atom is -0.394 e. The number of fused-ring (bicyclic) bond motifs is 2. The molecule has 2 aliphatic heterocycles. The molecule has 0 spiro atoms. The number of H-pyrrole nitrogens is 1. The summed E-state index contributed by atoms with van der Waals surface area (Å²) >= 11 is 5.46. The molecular weight excluding hydrogens is 590 g/mol. The Balaban J connectivity index is 1.16. The third-order valence-corrected chi connectivity index (χ3v) is 9.87. The van der Waals surface area contributed by atoms with E-state index in [2.05, 4.69) is 40.6 Å². The number of nitrogens with zero attached hydrogens (tertiary/aromatic N) is 9. The van der Waals surface area contributed by atoms with Crippen molar-refractivity contribution in [3.63, 3.8) is 0 Å². The molecule has 0 saturated carbocycles. The topological polar surface area (TPSA) is 273 Å². The number of aliphatic hydroxyl groups excluding tert-OH is 2. The maximum absolute atomic E-state index is 15.1. The Hall–Kier alpha value is -3.30. The summed E-state index contributed by atoms with van der Waals surface area (Å²) in [6, 6.07) is 0. The highest BCUT2D eigenvalue weighted by Crippen LogP contribution is 2.57. The van der Waals surface area contributed by atoms with E-state index in [1.165, 1.54) is 6.33 Å². The standard InChI is InChI=1S/C19H24FN12O7PS/c20-9-12(34)7(39-18(9)31-14-10(27-29-31)13(21)23-5-24-14)1-2-37-40(36,41)8-3-6(4-33)38-17(8)32-15-11(28-30-32)16(35)26-19(22)25-15/h5-9,12,17-18,33-34H,1-4H2,(H,36,41)(H2,21,23,24)(H3,22,25,26,35)/t6?,7-,8-,9+,12-,17-,18-,40?/m1/s1. The van der Waals surface area contributed by atoms with Gasteiger partial charge in [0.25, 0.3) is 5.56 Å². The number of anilines is 2. The zero-order valence-electron chi connectivity index (χ0n) is 20.8. The first kappa shape index (κ1) is 27.8. The number of ether oxygens (including phenoxy) is 2. The Kier molecular flexibility index (Phi) is 7.14. The van der Waals surface area contributed by atoms with Gasteiger partial charge in [-0.2, -0.15) is 14.3 Å². The number of halogens is 1. The summed E-state index contributed by atoms with van der Waals surface area (Å²) in [5, 5.41) is 35.7. The highest BCUT2D eigenvalue weighted by molar-refractivity contribution is 8.09. The molecule has 0 bridgehead atoms. The van der Waals surface area contributed by atoms with Gasteiger partial charge in [0.15, 0.2) is 53.3 Å². The SMILES string of the molecule is Nc1nc2c(nnn2[C@@H]2OC(CO)C[C@H]2P(O)(=S)OCC[C@H]2O[C@@H](n3nnc4c(N)ncnc43)[C@@H](F)[C@@H]2O)c(=O)[nH]1. The quantitative estimate of drug-likeness (QED) is 0.116. The fourth-order valence-electron chi connectivity index (χ4n) is 4.88. The van der Waals surface area contributed by atoms with Gasteiger partial charge in [0.05, 0.1) is 31.1 Å². The van der Waals surface area contributed by atoms with Crippen LogP contribution in [0.2, 0.25) is 0 Å². The lowest BCUT2D eigenvalue weighted by Crippen LogP contribution is -2.29. The molecule has 0 aliphatic carbocycles. The number of nitrogens with one attached hydrogen (secondary N) is 1. The second-order valence-electron chi connectivity index (χ2n) is 9.44. The molecule has 22 heteroatoms. The molecule has 6 rings (SSSR count). The highest BCUT2D eigenvalue weighted by atomic mass is 32.5. The molecule has 0 radical (unpaired) electrons. The van der Waals surface area contributed by atoms with Gasteiger partial charge in [0.1, 0.15) is 12.4 Å². The Morgan fingerprint density at radius 1 is 1.17 bits per heavy atom. The second-order valence-corrected chi connectivity index (χ2v) is 13.1. The van der Waals surface area contributed by atoms with Gasteiger partial charge in [-0.3, -0.25) is 9.78 Å². The average molecular weight is 615 g/mol. The van der Waals surface area contributed by atoms with Crippen molar-refractivity contribution in [2.45, 2.75) is 55.4 Å². The molecule has 19 nitrogen and oxygen atoms in total. The van der Waals surface area contributed by atoms with E-state index in [0.717, 1.165) is 9.36 Å². The number of aromatic amines is 1. The molecule has 2 unspecified atom stereocenters. The fraction of sp³-hybridized carbons (Fsp3) is 0.579. The van der Waals surface area contributed by atoms with Gasteiger partial charge >= 0.3 is 0 Å². The number of nitrogen functional groups attached to an aromatic ring is 2. The van der Waals surface area contributed by atoms with E-state index in [1.807, 2.05) is 0 Å². The van der Waals surface area contributed by atoms with E-state index >= 15 is 4.39 Å². The van der Waals surface area contributed by atoms with Crippen LogP contribution in [0.25, 0.3) is 22.3 Å².